The number of hydrogen-bond donors (Lipinski definition) is 0. The average molecular weight is 332 g/mol. The van der Waals surface area contributed by atoms with Crippen LogP contribution in [0.4, 0.5) is 0 Å². The molecule has 1 aromatic rings. The highest BCUT2D eigenvalue weighted by Crippen LogP contribution is 2.37. The molecule has 2 aliphatic rings. The van der Waals surface area contributed by atoms with Crippen LogP contribution in [0.2, 0.25) is 0 Å². The number of benzene rings is 1. The lowest BCUT2D eigenvalue weighted by molar-refractivity contribution is -0.105. The molecule has 0 saturated carbocycles. The first-order valence-electron chi connectivity index (χ1n) is 8.55. The molecule has 0 spiro atoms. The monoisotopic (exact) mass is 332 g/mol. The molecule has 2 fully saturated rings. The van der Waals surface area contributed by atoms with E-state index in [2.05, 4.69) is 0 Å². The van der Waals surface area contributed by atoms with E-state index in [1.807, 2.05) is 33.8 Å². The van der Waals surface area contributed by atoms with Crippen molar-refractivity contribution >= 4 is 18.9 Å². The fourth-order valence-corrected chi connectivity index (χ4v) is 2.86. The third-order valence-electron chi connectivity index (χ3n) is 5.10. The molecule has 1 aromatic carbocycles. The van der Waals surface area contributed by atoms with Gasteiger partial charge in [0, 0.05) is 12.0 Å². The van der Waals surface area contributed by atoms with Crippen molar-refractivity contribution in [2.45, 2.75) is 64.4 Å². The molecule has 24 heavy (non-hydrogen) atoms. The molecule has 0 N–H and O–H groups in total. The lowest BCUT2D eigenvalue weighted by Gasteiger charge is -2.32. The van der Waals surface area contributed by atoms with E-state index in [-0.39, 0.29) is 6.29 Å². The molecule has 1 atom stereocenters. The van der Waals surface area contributed by atoms with Crippen LogP contribution in [-0.4, -0.2) is 37.5 Å². The summed E-state index contributed by atoms with van der Waals surface area (Å²) in [7, 11) is -0.592. The van der Waals surface area contributed by atoms with Gasteiger partial charge in [-0.25, -0.2) is 0 Å². The second-order valence-electron chi connectivity index (χ2n) is 7.41. The summed E-state index contributed by atoms with van der Waals surface area (Å²) in [6, 6.07) is 5.35. The Bertz CT molecular complexity index is 591. The third kappa shape index (κ3) is 3.36. The largest absolute Gasteiger partial charge is 0.495 e. The van der Waals surface area contributed by atoms with E-state index in [0.29, 0.717) is 16.8 Å². The Balaban J connectivity index is 1.84. The molecule has 0 aliphatic carbocycles. The van der Waals surface area contributed by atoms with Crippen LogP contribution >= 0.6 is 0 Å². The maximum Gasteiger partial charge on any atom is 0.495 e. The van der Waals surface area contributed by atoms with E-state index in [9.17, 15) is 4.79 Å². The fraction of sp³-hybridized carbons (Fsp3) is 0.611. The summed E-state index contributed by atoms with van der Waals surface area (Å²) in [6.07, 6.45) is 3.64. The Morgan fingerprint density at radius 1 is 1.17 bits per heavy atom. The summed E-state index contributed by atoms with van der Waals surface area (Å²) < 4.78 is 23.7. The summed E-state index contributed by atoms with van der Waals surface area (Å²) in [6.45, 7) is 8.68. The molecule has 2 saturated heterocycles. The summed E-state index contributed by atoms with van der Waals surface area (Å²) in [5.74, 6) is 0.664. The van der Waals surface area contributed by atoms with Crippen LogP contribution in [0, 0.1) is 0 Å². The van der Waals surface area contributed by atoms with Crippen molar-refractivity contribution in [1.82, 2.24) is 0 Å². The molecule has 6 heteroatoms. The van der Waals surface area contributed by atoms with Crippen LogP contribution in [-0.2, 0) is 14.0 Å². The molecule has 0 radical (unpaired) electrons. The summed E-state index contributed by atoms with van der Waals surface area (Å²) in [4.78, 5) is 11.4. The minimum absolute atomic E-state index is 0.230. The number of hydrogen-bond acceptors (Lipinski definition) is 5. The molecule has 130 valence electrons. The van der Waals surface area contributed by atoms with E-state index in [1.54, 1.807) is 12.1 Å². The van der Waals surface area contributed by atoms with Gasteiger partial charge in [0.2, 0.25) is 0 Å². The minimum Gasteiger partial charge on any atom is -0.465 e. The molecular weight excluding hydrogens is 307 g/mol. The van der Waals surface area contributed by atoms with Crippen LogP contribution in [0.5, 0.6) is 5.75 Å². The average Bonchev–Trinajstić information content (AvgIpc) is 2.76. The van der Waals surface area contributed by atoms with E-state index in [1.165, 1.54) is 0 Å². The first-order chi connectivity index (χ1) is 11.3. The minimum atomic E-state index is -0.592. The number of aldehydes is 1. The standard InChI is InChI=1S/C18H25BO5/c1-17(2)18(3,4)24-19(23-17)15-11-14(9-8-13(15)12-20)22-16-7-5-6-10-21-16/h8-9,11-12,16H,5-7,10H2,1-4H3/t16-/m1/s1. The Labute approximate surface area is 143 Å². The molecular formula is C18H25BO5. The van der Waals surface area contributed by atoms with Crippen molar-refractivity contribution < 1.29 is 23.6 Å². The highest BCUT2D eigenvalue weighted by Gasteiger charge is 2.52. The molecule has 0 amide bonds. The normalized spacial score (nSPS) is 25.5. The lowest BCUT2D eigenvalue weighted by atomic mass is 9.76. The topological polar surface area (TPSA) is 54.0 Å². The zero-order valence-electron chi connectivity index (χ0n) is 14.8. The first-order valence-corrected chi connectivity index (χ1v) is 8.55. The first kappa shape index (κ1) is 17.5. The van der Waals surface area contributed by atoms with E-state index in [0.717, 1.165) is 32.2 Å². The predicted molar refractivity (Wildman–Crippen MR) is 91.8 cm³/mol. The van der Waals surface area contributed by atoms with Crippen LogP contribution in [0.1, 0.15) is 57.3 Å². The van der Waals surface area contributed by atoms with Gasteiger partial charge in [0.25, 0.3) is 0 Å². The summed E-state index contributed by atoms with van der Waals surface area (Å²) in [5, 5.41) is 0. The van der Waals surface area contributed by atoms with Crippen molar-refractivity contribution in [1.29, 1.82) is 0 Å². The van der Waals surface area contributed by atoms with Crippen molar-refractivity contribution in [2.24, 2.45) is 0 Å². The quantitative estimate of drug-likeness (QED) is 0.627. The van der Waals surface area contributed by atoms with Crippen molar-refractivity contribution in [2.75, 3.05) is 6.61 Å². The Hall–Kier alpha value is -1.37. The van der Waals surface area contributed by atoms with Gasteiger partial charge >= 0.3 is 7.12 Å². The third-order valence-corrected chi connectivity index (χ3v) is 5.10. The lowest BCUT2D eigenvalue weighted by Crippen LogP contribution is -2.41. The van der Waals surface area contributed by atoms with E-state index in [4.69, 9.17) is 18.8 Å². The van der Waals surface area contributed by atoms with Gasteiger partial charge in [-0.05, 0) is 64.2 Å². The highest BCUT2D eigenvalue weighted by molar-refractivity contribution is 6.63. The Kier molecular flexibility index (Phi) is 4.73. The Morgan fingerprint density at radius 3 is 2.46 bits per heavy atom. The SMILES string of the molecule is CC1(C)OB(c2cc(O[C@@H]3CCCCO3)ccc2C=O)OC1(C)C. The van der Waals surface area contributed by atoms with E-state index >= 15 is 0 Å². The molecule has 5 nitrogen and oxygen atoms in total. The number of rotatable bonds is 4. The maximum atomic E-state index is 11.4. The van der Waals surface area contributed by atoms with Crippen LogP contribution < -0.4 is 10.2 Å². The zero-order valence-corrected chi connectivity index (χ0v) is 14.8. The van der Waals surface area contributed by atoms with Gasteiger partial charge in [0.15, 0.2) is 6.29 Å². The van der Waals surface area contributed by atoms with Gasteiger partial charge in [0.05, 0.1) is 17.8 Å². The van der Waals surface area contributed by atoms with E-state index < -0.39 is 18.3 Å². The van der Waals surface area contributed by atoms with Gasteiger partial charge in [-0.1, -0.05) is 0 Å². The smallest absolute Gasteiger partial charge is 0.465 e. The van der Waals surface area contributed by atoms with Crippen molar-refractivity contribution in [3.05, 3.63) is 23.8 Å². The van der Waals surface area contributed by atoms with Crippen molar-refractivity contribution in [3.8, 4) is 5.75 Å². The fourth-order valence-electron chi connectivity index (χ4n) is 2.86. The second-order valence-corrected chi connectivity index (χ2v) is 7.41. The van der Waals surface area contributed by atoms with Gasteiger partial charge < -0.3 is 18.8 Å². The van der Waals surface area contributed by atoms with Gasteiger partial charge in [-0.15, -0.1) is 0 Å². The molecule has 0 unspecified atom stereocenters. The number of carbonyl (C=O) groups excluding carboxylic acids is 1. The van der Waals surface area contributed by atoms with Crippen LogP contribution in [0.15, 0.2) is 18.2 Å². The molecule has 0 aromatic heterocycles. The predicted octanol–water partition coefficient (Wildman–Crippen LogP) is 2.70. The van der Waals surface area contributed by atoms with Gasteiger partial charge in [-0.2, -0.15) is 0 Å². The summed E-state index contributed by atoms with van der Waals surface area (Å²) >= 11 is 0. The molecule has 0 bridgehead atoms. The molecule has 3 rings (SSSR count). The van der Waals surface area contributed by atoms with Crippen LogP contribution in [0.25, 0.3) is 0 Å². The van der Waals surface area contributed by atoms with Gasteiger partial charge in [0.1, 0.15) is 12.0 Å². The van der Waals surface area contributed by atoms with Crippen molar-refractivity contribution in [3.63, 3.8) is 0 Å². The second kappa shape index (κ2) is 6.50. The number of ether oxygens (including phenoxy) is 2. The number of carbonyl (C=O) groups is 1. The molecule has 2 heterocycles. The summed E-state index contributed by atoms with van der Waals surface area (Å²) in [5.41, 5.74) is 0.324. The van der Waals surface area contributed by atoms with Gasteiger partial charge in [-0.3, -0.25) is 4.79 Å². The Morgan fingerprint density at radius 2 is 1.88 bits per heavy atom. The van der Waals surface area contributed by atoms with Crippen LogP contribution in [0.3, 0.4) is 0 Å². The zero-order chi connectivity index (χ0) is 17.4. The highest BCUT2D eigenvalue weighted by atomic mass is 16.7. The molecule has 2 aliphatic heterocycles. The maximum absolute atomic E-state index is 11.4.